The van der Waals surface area contributed by atoms with Crippen molar-refractivity contribution in [2.24, 2.45) is 0 Å². The Hall–Kier alpha value is -0.900. The third-order valence-electron chi connectivity index (χ3n) is 4.07. The summed E-state index contributed by atoms with van der Waals surface area (Å²) in [7, 11) is 0. The highest BCUT2D eigenvalue weighted by molar-refractivity contribution is 5.28. The van der Waals surface area contributed by atoms with E-state index >= 15 is 0 Å². The van der Waals surface area contributed by atoms with Gasteiger partial charge < -0.3 is 14.8 Å². The predicted molar refractivity (Wildman–Crippen MR) is 86.6 cm³/mol. The average molecular weight is 291 g/mol. The lowest BCUT2D eigenvalue weighted by Crippen LogP contribution is -2.30. The van der Waals surface area contributed by atoms with Gasteiger partial charge in [0.1, 0.15) is 0 Å². The number of rotatable bonds is 8. The summed E-state index contributed by atoms with van der Waals surface area (Å²) in [6.45, 7) is 7.70. The fraction of sp³-hybridized carbons (Fsp3) is 0.667. The zero-order valence-electron chi connectivity index (χ0n) is 13.4. The molecule has 1 saturated heterocycles. The minimum atomic E-state index is 0.273. The Balaban J connectivity index is 1.85. The molecule has 0 saturated carbocycles. The predicted octanol–water partition coefficient (Wildman–Crippen LogP) is 3.62. The largest absolute Gasteiger partial charge is 0.377 e. The summed E-state index contributed by atoms with van der Waals surface area (Å²) >= 11 is 0. The van der Waals surface area contributed by atoms with Crippen LogP contribution in [0.4, 0.5) is 0 Å². The summed E-state index contributed by atoms with van der Waals surface area (Å²) in [6, 6.07) is 8.83. The highest BCUT2D eigenvalue weighted by atomic mass is 16.5. The first kappa shape index (κ1) is 16.5. The summed E-state index contributed by atoms with van der Waals surface area (Å²) in [5, 5.41) is 3.60. The monoisotopic (exact) mass is 291 g/mol. The van der Waals surface area contributed by atoms with E-state index in [0.717, 1.165) is 32.6 Å². The minimum absolute atomic E-state index is 0.273. The van der Waals surface area contributed by atoms with Gasteiger partial charge in [-0.1, -0.05) is 31.2 Å². The van der Waals surface area contributed by atoms with Gasteiger partial charge in [0.25, 0.3) is 0 Å². The van der Waals surface area contributed by atoms with Crippen molar-refractivity contribution in [3.8, 4) is 0 Å². The summed E-state index contributed by atoms with van der Waals surface area (Å²) in [6.07, 6.45) is 5.03. The molecule has 1 aromatic carbocycles. The summed E-state index contributed by atoms with van der Waals surface area (Å²) in [5.41, 5.74) is 2.67. The van der Waals surface area contributed by atoms with E-state index in [1.54, 1.807) is 0 Å². The summed E-state index contributed by atoms with van der Waals surface area (Å²) in [4.78, 5) is 0. The molecule has 0 amide bonds. The molecule has 2 rings (SSSR count). The molecule has 0 aliphatic carbocycles. The normalized spacial score (nSPS) is 20.4. The van der Waals surface area contributed by atoms with Crippen LogP contribution in [-0.4, -0.2) is 32.5 Å². The SMILES string of the molecule is CCCNC(COCC1CCCCO1)c1ccccc1C. The topological polar surface area (TPSA) is 30.5 Å². The first-order chi connectivity index (χ1) is 10.3. The number of benzene rings is 1. The molecule has 0 spiro atoms. The van der Waals surface area contributed by atoms with Crippen molar-refractivity contribution in [2.75, 3.05) is 26.4 Å². The van der Waals surface area contributed by atoms with E-state index in [-0.39, 0.29) is 6.04 Å². The maximum atomic E-state index is 5.95. The van der Waals surface area contributed by atoms with Gasteiger partial charge in [0, 0.05) is 6.61 Å². The second-order valence-corrected chi connectivity index (χ2v) is 5.89. The first-order valence-corrected chi connectivity index (χ1v) is 8.29. The molecular formula is C18H29NO2. The highest BCUT2D eigenvalue weighted by Crippen LogP contribution is 2.19. The van der Waals surface area contributed by atoms with Crippen molar-refractivity contribution in [1.82, 2.24) is 5.32 Å². The Morgan fingerprint density at radius 1 is 1.33 bits per heavy atom. The van der Waals surface area contributed by atoms with E-state index in [1.807, 2.05) is 0 Å². The van der Waals surface area contributed by atoms with Crippen LogP contribution in [0.2, 0.25) is 0 Å². The van der Waals surface area contributed by atoms with Gasteiger partial charge in [-0.05, 0) is 50.3 Å². The van der Waals surface area contributed by atoms with E-state index < -0.39 is 0 Å². The Labute approximate surface area is 129 Å². The molecule has 0 radical (unpaired) electrons. The van der Waals surface area contributed by atoms with Gasteiger partial charge in [-0.25, -0.2) is 0 Å². The smallest absolute Gasteiger partial charge is 0.0808 e. The van der Waals surface area contributed by atoms with Crippen molar-refractivity contribution >= 4 is 0 Å². The van der Waals surface area contributed by atoms with Crippen molar-refractivity contribution in [2.45, 2.75) is 51.7 Å². The standard InChI is InChI=1S/C18H29NO2/c1-3-11-19-18(17-10-5-4-8-15(17)2)14-20-13-16-9-6-7-12-21-16/h4-5,8,10,16,18-19H,3,6-7,9,11-14H2,1-2H3. The molecule has 118 valence electrons. The minimum Gasteiger partial charge on any atom is -0.377 e. The zero-order valence-corrected chi connectivity index (χ0v) is 13.4. The second-order valence-electron chi connectivity index (χ2n) is 5.89. The van der Waals surface area contributed by atoms with E-state index in [9.17, 15) is 0 Å². The van der Waals surface area contributed by atoms with Gasteiger partial charge in [-0.2, -0.15) is 0 Å². The first-order valence-electron chi connectivity index (χ1n) is 8.29. The Bertz CT molecular complexity index is 402. The lowest BCUT2D eigenvalue weighted by Gasteiger charge is -2.25. The van der Waals surface area contributed by atoms with E-state index in [2.05, 4.69) is 43.4 Å². The van der Waals surface area contributed by atoms with Crippen molar-refractivity contribution in [1.29, 1.82) is 0 Å². The van der Waals surface area contributed by atoms with Crippen molar-refractivity contribution in [3.05, 3.63) is 35.4 Å². The van der Waals surface area contributed by atoms with Crippen LogP contribution in [0.5, 0.6) is 0 Å². The fourth-order valence-electron chi connectivity index (χ4n) is 2.81. The second kappa shape index (κ2) is 9.19. The van der Waals surface area contributed by atoms with Crippen LogP contribution in [0.1, 0.15) is 49.8 Å². The van der Waals surface area contributed by atoms with Crippen LogP contribution in [-0.2, 0) is 9.47 Å². The quantitative estimate of drug-likeness (QED) is 0.793. The van der Waals surface area contributed by atoms with Gasteiger partial charge in [0.05, 0.1) is 25.4 Å². The van der Waals surface area contributed by atoms with Gasteiger partial charge in [-0.15, -0.1) is 0 Å². The van der Waals surface area contributed by atoms with Crippen LogP contribution < -0.4 is 5.32 Å². The number of aryl methyl sites for hydroxylation is 1. The lowest BCUT2D eigenvalue weighted by molar-refractivity contribution is -0.0442. The molecule has 1 fully saturated rings. The van der Waals surface area contributed by atoms with E-state index in [4.69, 9.17) is 9.47 Å². The van der Waals surface area contributed by atoms with Gasteiger partial charge in [0.2, 0.25) is 0 Å². The third-order valence-corrected chi connectivity index (χ3v) is 4.07. The molecular weight excluding hydrogens is 262 g/mol. The Morgan fingerprint density at radius 3 is 2.90 bits per heavy atom. The molecule has 1 aromatic rings. The number of hydrogen-bond donors (Lipinski definition) is 1. The van der Waals surface area contributed by atoms with Crippen LogP contribution >= 0.6 is 0 Å². The molecule has 3 nitrogen and oxygen atoms in total. The lowest BCUT2D eigenvalue weighted by atomic mass is 10.0. The van der Waals surface area contributed by atoms with Crippen LogP contribution in [0.3, 0.4) is 0 Å². The molecule has 3 heteroatoms. The van der Waals surface area contributed by atoms with Gasteiger partial charge in [0.15, 0.2) is 0 Å². The number of nitrogens with one attached hydrogen (secondary N) is 1. The highest BCUT2D eigenvalue weighted by Gasteiger charge is 2.17. The van der Waals surface area contributed by atoms with Crippen molar-refractivity contribution in [3.63, 3.8) is 0 Å². The molecule has 0 aromatic heterocycles. The number of hydrogen-bond acceptors (Lipinski definition) is 3. The van der Waals surface area contributed by atoms with Crippen LogP contribution in [0.25, 0.3) is 0 Å². The van der Waals surface area contributed by atoms with Crippen molar-refractivity contribution < 1.29 is 9.47 Å². The average Bonchev–Trinajstić information content (AvgIpc) is 2.52. The molecule has 1 aliphatic heterocycles. The Kier molecular flexibility index (Phi) is 7.20. The maximum Gasteiger partial charge on any atom is 0.0808 e. The summed E-state index contributed by atoms with van der Waals surface area (Å²) in [5.74, 6) is 0. The van der Waals surface area contributed by atoms with E-state index in [0.29, 0.717) is 12.7 Å². The Morgan fingerprint density at radius 2 is 2.19 bits per heavy atom. The number of ether oxygens (including phenoxy) is 2. The zero-order chi connectivity index (χ0) is 14.9. The fourth-order valence-corrected chi connectivity index (χ4v) is 2.81. The summed E-state index contributed by atoms with van der Waals surface area (Å²) < 4.78 is 11.7. The third kappa shape index (κ3) is 5.42. The molecule has 0 bridgehead atoms. The molecule has 21 heavy (non-hydrogen) atoms. The molecule has 2 atom stereocenters. The maximum absolute atomic E-state index is 5.95. The molecule has 1 aliphatic rings. The molecule has 1 N–H and O–H groups in total. The molecule has 1 heterocycles. The van der Waals surface area contributed by atoms with Gasteiger partial charge >= 0.3 is 0 Å². The van der Waals surface area contributed by atoms with Gasteiger partial charge in [-0.3, -0.25) is 0 Å². The van der Waals surface area contributed by atoms with Crippen LogP contribution in [0.15, 0.2) is 24.3 Å². The molecule has 2 unspecified atom stereocenters. The van der Waals surface area contributed by atoms with Crippen LogP contribution in [0, 0.1) is 6.92 Å². The van der Waals surface area contributed by atoms with E-state index in [1.165, 1.54) is 24.0 Å².